The van der Waals surface area contributed by atoms with Crippen LogP contribution >= 0.6 is 0 Å². The highest BCUT2D eigenvalue weighted by atomic mass is 16.5. The average Bonchev–Trinajstić information content (AvgIpc) is 2.89. The Kier molecular flexibility index (Phi) is 7.01. The van der Waals surface area contributed by atoms with E-state index in [9.17, 15) is 0 Å². The van der Waals surface area contributed by atoms with Gasteiger partial charge in [-0.05, 0) is 34.3 Å². The molecule has 0 unspecified atom stereocenters. The molecule has 0 bridgehead atoms. The van der Waals surface area contributed by atoms with E-state index in [-0.39, 0.29) is 5.41 Å². The average molecular weight is 363 g/mol. The zero-order valence-corrected chi connectivity index (χ0v) is 18.8. The summed E-state index contributed by atoms with van der Waals surface area (Å²) < 4.78 is 8.22. The van der Waals surface area contributed by atoms with E-state index in [1.807, 2.05) is 0 Å². The SMILES string of the molecule is CC(C)c1c(C(C)(C)C)c(C(C)C)n(CCN2CCOCC2)c1C(C)C. The van der Waals surface area contributed by atoms with Crippen molar-refractivity contribution in [3.63, 3.8) is 0 Å². The highest BCUT2D eigenvalue weighted by molar-refractivity contribution is 5.47. The van der Waals surface area contributed by atoms with Crippen molar-refractivity contribution in [2.45, 2.75) is 92.0 Å². The second-order valence-corrected chi connectivity index (χ2v) is 9.88. The molecule has 1 aliphatic heterocycles. The molecule has 0 aliphatic carbocycles. The Balaban J connectivity index is 2.55. The van der Waals surface area contributed by atoms with Crippen molar-refractivity contribution < 1.29 is 4.74 Å². The minimum absolute atomic E-state index is 0.174. The number of aromatic nitrogens is 1. The zero-order chi connectivity index (χ0) is 19.6. The maximum atomic E-state index is 5.53. The maximum Gasteiger partial charge on any atom is 0.0594 e. The number of rotatable bonds is 6. The molecule has 26 heavy (non-hydrogen) atoms. The van der Waals surface area contributed by atoms with E-state index in [4.69, 9.17) is 4.74 Å². The highest BCUT2D eigenvalue weighted by Crippen LogP contribution is 2.43. The van der Waals surface area contributed by atoms with Crippen LogP contribution in [0.5, 0.6) is 0 Å². The second-order valence-electron chi connectivity index (χ2n) is 9.88. The predicted molar refractivity (Wildman–Crippen MR) is 113 cm³/mol. The van der Waals surface area contributed by atoms with Crippen molar-refractivity contribution in [3.05, 3.63) is 22.5 Å². The van der Waals surface area contributed by atoms with Gasteiger partial charge in [0.2, 0.25) is 0 Å². The summed E-state index contributed by atoms with van der Waals surface area (Å²) in [6, 6.07) is 0. The molecule has 1 aliphatic rings. The van der Waals surface area contributed by atoms with Crippen LogP contribution in [0.4, 0.5) is 0 Å². The van der Waals surface area contributed by atoms with Gasteiger partial charge in [0.05, 0.1) is 13.2 Å². The highest BCUT2D eigenvalue weighted by Gasteiger charge is 2.33. The summed E-state index contributed by atoms with van der Waals surface area (Å²) in [7, 11) is 0. The van der Waals surface area contributed by atoms with Gasteiger partial charge in [0.25, 0.3) is 0 Å². The Labute approximate surface area is 162 Å². The third kappa shape index (κ3) is 4.54. The molecule has 1 aromatic heterocycles. The van der Waals surface area contributed by atoms with Crippen LogP contribution < -0.4 is 0 Å². The lowest BCUT2D eigenvalue weighted by atomic mass is 9.78. The third-order valence-electron chi connectivity index (χ3n) is 5.55. The molecular weight excluding hydrogens is 320 g/mol. The predicted octanol–water partition coefficient (Wildman–Crippen LogP) is 5.49. The molecule has 0 aromatic carbocycles. The first-order chi connectivity index (χ1) is 12.1. The standard InChI is InChI=1S/C23H42N2O/c1-16(2)19-20(23(7,8)9)22(18(5)6)25(21(19)17(3)4)11-10-24-12-14-26-15-13-24/h16-18H,10-15H2,1-9H3. The number of nitrogens with zero attached hydrogens (tertiary/aromatic N) is 2. The van der Waals surface area contributed by atoms with Gasteiger partial charge < -0.3 is 9.30 Å². The molecule has 0 N–H and O–H groups in total. The van der Waals surface area contributed by atoms with E-state index in [0.717, 1.165) is 39.4 Å². The molecule has 2 rings (SSSR count). The van der Waals surface area contributed by atoms with Crippen LogP contribution in [0.15, 0.2) is 0 Å². The van der Waals surface area contributed by atoms with Crippen molar-refractivity contribution in [2.24, 2.45) is 0 Å². The molecule has 1 fully saturated rings. The molecule has 0 amide bonds. The molecular formula is C23H42N2O. The first-order valence-electron chi connectivity index (χ1n) is 10.6. The van der Waals surface area contributed by atoms with Crippen LogP contribution in [0.1, 0.15) is 103 Å². The minimum Gasteiger partial charge on any atom is -0.379 e. The van der Waals surface area contributed by atoms with Gasteiger partial charge in [0.1, 0.15) is 0 Å². The second kappa shape index (κ2) is 8.48. The van der Waals surface area contributed by atoms with Crippen LogP contribution in [0.25, 0.3) is 0 Å². The molecule has 3 heteroatoms. The lowest BCUT2D eigenvalue weighted by Gasteiger charge is -2.29. The van der Waals surface area contributed by atoms with Crippen LogP contribution in [0.2, 0.25) is 0 Å². The van der Waals surface area contributed by atoms with Gasteiger partial charge >= 0.3 is 0 Å². The summed E-state index contributed by atoms with van der Waals surface area (Å²) in [5, 5.41) is 0. The van der Waals surface area contributed by atoms with E-state index in [1.54, 1.807) is 22.5 Å². The minimum atomic E-state index is 0.174. The number of ether oxygens (including phenoxy) is 1. The first-order valence-corrected chi connectivity index (χ1v) is 10.6. The number of hydrogen-bond donors (Lipinski definition) is 0. The molecule has 2 heterocycles. The van der Waals surface area contributed by atoms with Gasteiger partial charge in [0.15, 0.2) is 0 Å². The van der Waals surface area contributed by atoms with Gasteiger partial charge in [-0.25, -0.2) is 0 Å². The van der Waals surface area contributed by atoms with E-state index < -0.39 is 0 Å². The zero-order valence-electron chi connectivity index (χ0n) is 18.8. The molecule has 0 spiro atoms. The van der Waals surface area contributed by atoms with Gasteiger partial charge in [-0.3, -0.25) is 4.90 Å². The molecule has 150 valence electrons. The normalized spacial score (nSPS) is 17.1. The van der Waals surface area contributed by atoms with Crippen molar-refractivity contribution in [3.8, 4) is 0 Å². The summed E-state index contributed by atoms with van der Waals surface area (Å²) in [6.45, 7) is 27.5. The van der Waals surface area contributed by atoms with Crippen LogP contribution in [-0.4, -0.2) is 42.3 Å². The molecule has 0 radical (unpaired) electrons. The third-order valence-corrected chi connectivity index (χ3v) is 5.55. The van der Waals surface area contributed by atoms with Crippen molar-refractivity contribution in [2.75, 3.05) is 32.8 Å². The van der Waals surface area contributed by atoms with Crippen LogP contribution in [0.3, 0.4) is 0 Å². The first kappa shape index (κ1) is 21.5. The fourth-order valence-corrected chi connectivity index (χ4v) is 4.58. The number of hydrogen-bond acceptors (Lipinski definition) is 2. The quantitative estimate of drug-likeness (QED) is 0.666. The Hall–Kier alpha value is -0.800. The molecule has 3 nitrogen and oxygen atoms in total. The van der Waals surface area contributed by atoms with Crippen molar-refractivity contribution >= 4 is 0 Å². The molecule has 1 saturated heterocycles. The van der Waals surface area contributed by atoms with E-state index in [2.05, 4.69) is 71.8 Å². The monoisotopic (exact) mass is 362 g/mol. The van der Waals surface area contributed by atoms with Gasteiger partial charge in [-0.15, -0.1) is 0 Å². The van der Waals surface area contributed by atoms with Crippen LogP contribution in [-0.2, 0) is 16.7 Å². The van der Waals surface area contributed by atoms with E-state index in [1.165, 1.54) is 0 Å². The fourth-order valence-electron chi connectivity index (χ4n) is 4.58. The Morgan fingerprint density at radius 2 is 1.35 bits per heavy atom. The Morgan fingerprint density at radius 3 is 1.77 bits per heavy atom. The molecule has 1 aromatic rings. The maximum absolute atomic E-state index is 5.53. The van der Waals surface area contributed by atoms with Crippen LogP contribution in [0, 0.1) is 0 Å². The van der Waals surface area contributed by atoms with Gasteiger partial charge in [-0.2, -0.15) is 0 Å². The topological polar surface area (TPSA) is 17.4 Å². The van der Waals surface area contributed by atoms with Gasteiger partial charge in [-0.1, -0.05) is 62.3 Å². The smallest absolute Gasteiger partial charge is 0.0594 e. The van der Waals surface area contributed by atoms with E-state index in [0.29, 0.717) is 17.8 Å². The Morgan fingerprint density at radius 1 is 0.808 bits per heavy atom. The summed E-state index contributed by atoms with van der Waals surface area (Å²) in [6.07, 6.45) is 0. The lowest BCUT2D eigenvalue weighted by molar-refractivity contribution is 0.0362. The molecule has 0 saturated carbocycles. The van der Waals surface area contributed by atoms with Gasteiger partial charge in [0, 0.05) is 37.6 Å². The van der Waals surface area contributed by atoms with Crippen molar-refractivity contribution in [1.29, 1.82) is 0 Å². The van der Waals surface area contributed by atoms with E-state index >= 15 is 0 Å². The summed E-state index contributed by atoms with van der Waals surface area (Å²) >= 11 is 0. The fraction of sp³-hybridized carbons (Fsp3) is 0.826. The lowest BCUT2D eigenvalue weighted by Crippen LogP contribution is -2.38. The summed E-state index contributed by atoms with van der Waals surface area (Å²) in [5.74, 6) is 1.65. The van der Waals surface area contributed by atoms with Crippen molar-refractivity contribution in [1.82, 2.24) is 9.47 Å². The summed E-state index contributed by atoms with van der Waals surface area (Å²) in [4.78, 5) is 2.56. The molecule has 0 atom stereocenters. The number of morpholine rings is 1. The summed E-state index contributed by atoms with van der Waals surface area (Å²) in [5.41, 5.74) is 6.53. The Bertz CT molecular complexity index is 584. The largest absolute Gasteiger partial charge is 0.379 e.